The largest absolute Gasteiger partial charge is 0.618 e. The Morgan fingerprint density at radius 2 is 2.33 bits per heavy atom. The smallest absolute Gasteiger partial charge is 0.266 e. The third kappa shape index (κ3) is 1.34. The predicted molar refractivity (Wildman–Crippen MR) is 35.4 cm³/mol. The summed E-state index contributed by atoms with van der Waals surface area (Å²) in [4.78, 5) is 0. The minimum absolute atomic E-state index is 0.512. The topological polar surface area (TPSA) is 53.0 Å². The van der Waals surface area contributed by atoms with Crippen molar-refractivity contribution in [1.29, 1.82) is 0 Å². The van der Waals surface area contributed by atoms with Gasteiger partial charge in [-0.05, 0) is 6.07 Å². The summed E-state index contributed by atoms with van der Waals surface area (Å²) < 4.78 is 0.727. The highest BCUT2D eigenvalue weighted by Gasteiger charge is 1.97. The normalized spacial score (nSPS) is 9.44. The number of hydrogen-bond donors (Lipinski definition) is 1. The summed E-state index contributed by atoms with van der Waals surface area (Å²) in [5.74, 6) is 0. The van der Waals surface area contributed by atoms with Crippen LogP contribution in [0.15, 0.2) is 29.4 Å². The van der Waals surface area contributed by atoms with E-state index in [-0.39, 0.29) is 0 Å². The molecule has 1 rings (SSSR count). The van der Waals surface area contributed by atoms with E-state index in [2.05, 4.69) is 0 Å². The number of pyridine rings is 1. The maximum absolute atomic E-state index is 10.7. The lowest BCUT2D eigenvalue weighted by Crippen LogP contribution is -2.28. The van der Waals surface area contributed by atoms with Gasteiger partial charge in [0.15, 0.2) is 6.20 Å². The van der Waals surface area contributed by atoms with Gasteiger partial charge in [-0.15, -0.1) is 0 Å². The molecule has 0 aromatic carbocycles. The number of rotatable bonds is 1. The average molecular weight is 142 g/mol. The van der Waals surface area contributed by atoms with E-state index in [4.69, 9.17) is 5.14 Å². The lowest BCUT2D eigenvalue weighted by Gasteiger charge is -1.97. The first-order valence-electron chi connectivity index (χ1n) is 2.39. The second-order valence-corrected chi connectivity index (χ2v) is 2.14. The molecule has 0 aliphatic heterocycles. The van der Waals surface area contributed by atoms with Crippen LogP contribution in [0, 0.1) is 5.21 Å². The van der Waals surface area contributed by atoms with E-state index >= 15 is 0 Å². The zero-order chi connectivity index (χ0) is 6.69. The molecule has 0 aliphatic rings. The minimum atomic E-state index is 0.512. The summed E-state index contributed by atoms with van der Waals surface area (Å²) in [5, 5.41) is 16.3. The van der Waals surface area contributed by atoms with Crippen LogP contribution in [0.2, 0.25) is 0 Å². The van der Waals surface area contributed by atoms with Gasteiger partial charge in [-0.1, -0.05) is 0 Å². The van der Waals surface area contributed by atoms with E-state index in [9.17, 15) is 5.21 Å². The molecule has 3 nitrogen and oxygen atoms in total. The molecule has 48 valence electrons. The Balaban J connectivity index is 3.01. The molecule has 0 saturated heterocycles. The fourth-order valence-electron chi connectivity index (χ4n) is 0.504. The molecular formula is C5H6N2OS. The maximum Gasteiger partial charge on any atom is 0.266 e. The number of aromatic nitrogens is 1. The molecule has 0 atom stereocenters. The van der Waals surface area contributed by atoms with Crippen LogP contribution in [0.25, 0.3) is 0 Å². The fraction of sp³-hybridized carbons (Fsp3) is 0. The number of nitrogens with zero attached hydrogens (tertiary/aromatic N) is 1. The van der Waals surface area contributed by atoms with E-state index in [1.54, 1.807) is 18.2 Å². The van der Waals surface area contributed by atoms with Gasteiger partial charge < -0.3 is 5.21 Å². The fourth-order valence-corrected chi connectivity index (χ4v) is 0.826. The molecule has 0 aliphatic carbocycles. The summed E-state index contributed by atoms with van der Waals surface area (Å²) in [7, 11) is 0. The van der Waals surface area contributed by atoms with Crippen molar-refractivity contribution < 1.29 is 4.73 Å². The third-order valence-corrected chi connectivity index (χ3v) is 1.47. The Morgan fingerprint density at radius 1 is 1.56 bits per heavy atom. The van der Waals surface area contributed by atoms with Crippen LogP contribution in [-0.4, -0.2) is 0 Å². The lowest BCUT2D eigenvalue weighted by molar-refractivity contribution is -0.645. The van der Waals surface area contributed by atoms with Gasteiger partial charge in [0.05, 0.1) is 0 Å². The van der Waals surface area contributed by atoms with Gasteiger partial charge in [-0.25, -0.2) is 0 Å². The predicted octanol–water partition coefficient (Wildman–Crippen LogP) is 0.286. The summed E-state index contributed by atoms with van der Waals surface area (Å²) >= 11 is 0.946. The van der Waals surface area contributed by atoms with E-state index < -0.39 is 0 Å². The van der Waals surface area contributed by atoms with E-state index in [0.717, 1.165) is 16.7 Å². The molecule has 0 spiro atoms. The molecule has 9 heavy (non-hydrogen) atoms. The SMILES string of the molecule is NSc1cccc[n+]1[O-]. The number of hydrogen-bond acceptors (Lipinski definition) is 3. The summed E-state index contributed by atoms with van der Waals surface area (Å²) in [6, 6.07) is 5.09. The van der Waals surface area contributed by atoms with E-state index in [1.165, 1.54) is 6.20 Å². The molecule has 0 amide bonds. The standard InChI is InChI=1S/C5H6N2OS/c6-9-5-3-1-2-4-7(5)8/h1-4H,6H2. The molecule has 0 fully saturated rings. The van der Waals surface area contributed by atoms with Gasteiger partial charge >= 0.3 is 0 Å². The highest BCUT2D eigenvalue weighted by Crippen LogP contribution is 2.01. The second-order valence-electron chi connectivity index (χ2n) is 1.48. The summed E-state index contributed by atoms with van der Waals surface area (Å²) in [6.45, 7) is 0. The van der Waals surface area contributed by atoms with Crippen molar-refractivity contribution >= 4 is 11.9 Å². The molecule has 1 aromatic heterocycles. The summed E-state index contributed by atoms with van der Waals surface area (Å²) in [5.41, 5.74) is 0. The number of nitrogens with two attached hydrogens (primary N) is 1. The van der Waals surface area contributed by atoms with Crippen LogP contribution in [0.4, 0.5) is 0 Å². The minimum Gasteiger partial charge on any atom is -0.618 e. The molecule has 4 heteroatoms. The van der Waals surface area contributed by atoms with Gasteiger partial charge in [-0.2, -0.15) is 4.73 Å². The first kappa shape index (κ1) is 6.38. The third-order valence-electron chi connectivity index (χ3n) is 0.909. The Labute approximate surface area is 57.2 Å². The quantitative estimate of drug-likeness (QED) is 0.348. The first-order chi connectivity index (χ1) is 4.34. The van der Waals surface area contributed by atoms with Crippen molar-refractivity contribution in [2.24, 2.45) is 5.14 Å². The molecular weight excluding hydrogens is 136 g/mol. The molecule has 1 aromatic rings. The van der Waals surface area contributed by atoms with Crippen LogP contribution in [0.1, 0.15) is 0 Å². The van der Waals surface area contributed by atoms with Gasteiger partial charge in [0, 0.05) is 24.1 Å². The van der Waals surface area contributed by atoms with Gasteiger partial charge in [0.1, 0.15) is 0 Å². The Hall–Kier alpha value is -0.740. The van der Waals surface area contributed by atoms with Gasteiger partial charge in [0.25, 0.3) is 5.03 Å². The Bertz CT molecular complexity index is 204. The zero-order valence-corrected chi connectivity index (χ0v) is 5.47. The van der Waals surface area contributed by atoms with Crippen LogP contribution < -0.4 is 9.87 Å². The van der Waals surface area contributed by atoms with Gasteiger partial charge in [0.2, 0.25) is 0 Å². The molecule has 0 saturated carbocycles. The van der Waals surface area contributed by atoms with Crippen molar-refractivity contribution in [2.75, 3.05) is 0 Å². The highest BCUT2D eigenvalue weighted by molar-refractivity contribution is 7.96. The molecule has 2 N–H and O–H groups in total. The van der Waals surface area contributed by atoms with Crippen molar-refractivity contribution in [3.63, 3.8) is 0 Å². The van der Waals surface area contributed by atoms with Crippen LogP contribution in [0.5, 0.6) is 0 Å². The van der Waals surface area contributed by atoms with E-state index in [0.29, 0.717) is 5.03 Å². The summed E-state index contributed by atoms with van der Waals surface area (Å²) in [6.07, 6.45) is 1.41. The Kier molecular flexibility index (Phi) is 1.92. The molecule has 0 unspecified atom stereocenters. The monoisotopic (exact) mass is 142 g/mol. The van der Waals surface area contributed by atoms with Crippen LogP contribution in [-0.2, 0) is 0 Å². The van der Waals surface area contributed by atoms with Crippen LogP contribution in [0.3, 0.4) is 0 Å². The molecule has 1 heterocycles. The maximum atomic E-state index is 10.7. The molecule has 0 bridgehead atoms. The van der Waals surface area contributed by atoms with Crippen molar-refractivity contribution in [3.8, 4) is 0 Å². The highest BCUT2D eigenvalue weighted by atomic mass is 32.2. The average Bonchev–Trinajstić information content (AvgIpc) is 1.89. The van der Waals surface area contributed by atoms with Gasteiger partial charge in [-0.3, -0.25) is 5.14 Å². The first-order valence-corrected chi connectivity index (χ1v) is 3.27. The van der Waals surface area contributed by atoms with E-state index in [1.807, 2.05) is 0 Å². The van der Waals surface area contributed by atoms with Crippen molar-refractivity contribution in [3.05, 3.63) is 29.6 Å². The lowest BCUT2D eigenvalue weighted by atomic mass is 10.5. The van der Waals surface area contributed by atoms with Crippen LogP contribution >= 0.6 is 11.9 Å². The molecule has 0 radical (unpaired) electrons. The second kappa shape index (κ2) is 2.70. The Morgan fingerprint density at radius 3 is 2.78 bits per heavy atom. The zero-order valence-electron chi connectivity index (χ0n) is 4.65. The van der Waals surface area contributed by atoms with Crippen molar-refractivity contribution in [2.45, 2.75) is 5.03 Å². The van der Waals surface area contributed by atoms with Crippen molar-refractivity contribution in [1.82, 2.24) is 0 Å².